The lowest BCUT2D eigenvalue weighted by atomic mass is 10.2. The summed E-state index contributed by atoms with van der Waals surface area (Å²) in [5.41, 5.74) is 0.703. The Morgan fingerprint density at radius 1 is 1.53 bits per heavy atom. The summed E-state index contributed by atoms with van der Waals surface area (Å²) in [6, 6.07) is 7.30. The van der Waals surface area contributed by atoms with E-state index in [-0.39, 0.29) is 6.03 Å². The number of benzene rings is 1. The molecule has 1 fully saturated rings. The third-order valence-corrected chi connectivity index (χ3v) is 2.99. The van der Waals surface area contributed by atoms with Crippen molar-refractivity contribution in [2.24, 2.45) is 0 Å². The second kappa shape index (κ2) is 5.89. The van der Waals surface area contributed by atoms with Crippen LogP contribution in [0.25, 0.3) is 0 Å². The molecule has 1 saturated heterocycles. The van der Waals surface area contributed by atoms with Crippen LogP contribution in [0, 0.1) is 0 Å². The zero-order valence-corrected chi connectivity index (χ0v) is 10.3. The molecule has 5 heteroatoms. The van der Waals surface area contributed by atoms with Gasteiger partial charge < -0.3 is 16.0 Å². The number of urea groups is 1. The third kappa shape index (κ3) is 3.91. The van der Waals surface area contributed by atoms with Gasteiger partial charge in [0.15, 0.2) is 0 Å². The van der Waals surface area contributed by atoms with Crippen LogP contribution >= 0.6 is 11.6 Å². The molecule has 1 aliphatic rings. The molecule has 92 valence electrons. The zero-order valence-electron chi connectivity index (χ0n) is 9.50. The molecule has 1 aromatic carbocycles. The van der Waals surface area contributed by atoms with Crippen LogP contribution in [0.4, 0.5) is 10.5 Å². The highest BCUT2D eigenvalue weighted by Gasteiger charge is 2.14. The van der Waals surface area contributed by atoms with Crippen molar-refractivity contribution in [3.8, 4) is 0 Å². The molecule has 17 heavy (non-hydrogen) atoms. The Hall–Kier alpha value is -1.26. The van der Waals surface area contributed by atoms with E-state index in [0.717, 1.165) is 13.0 Å². The molecule has 1 unspecified atom stereocenters. The van der Waals surface area contributed by atoms with E-state index in [4.69, 9.17) is 11.6 Å². The fraction of sp³-hybridized carbons (Fsp3) is 0.417. The molecule has 0 radical (unpaired) electrons. The van der Waals surface area contributed by atoms with Gasteiger partial charge in [0.1, 0.15) is 0 Å². The first kappa shape index (κ1) is 12.2. The highest BCUT2D eigenvalue weighted by atomic mass is 35.5. The third-order valence-electron chi connectivity index (χ3n) is 2.75. The summed E-state index contributed by atoms with van der Waals surface area (Å²) in [5, 5.41) is 9.51. The van der Waals surface area contributed by atoms with Crippen molar-refractivity contribution in [2.75, 3.05) is 18.4 Å². The van der Waals surface area contributed by atoms with Gasteiger partial charge in [-0.15, -0.1) is 0 Å². The topological polar surface area (TPSA) is 53.2 Å². The molecule has 3 N–H and O–H groups in total. The number of carbonyl (C=O) groups is 1. The number of nitrogens with one attached hydrogen (secondary N) is 3. The first-order valence-corrected chi connectivity index (χ1v) is 6.15. The van der Waals surface area contributed by atoms with Gasteiger partial charge in [-0.1, -0.05) is 17.7 Å². The van der Waals surface area contributed by atoms with Crippen molar-refractivity contribution in [3.63, 3.8) is 0 Å². The maximum Gasteiger partial charge on any atom is 0.319 e. The molecule has 1 heterocycles. The van der Waals surface area contributed by atoms with Gasteiger partial charge in [-0.25, -0.2) is 4.79 Å². The number of halogens is 1. The first-order chi connectivity index (χ1) is 8.24. The molecule has 2 amide bonds. The van der Waals surface area contributed by atoms with Crippen molar-refractivity contribution in [1.82, 2.24) is 10.6 Å². The van der Waals surface area contributed by atoms with Crippen LogP contribution < -0.4 is 16.0 Å². The molecule has 0 saturated carbocycles. The summed E-state index contributed by atoms with van der Waals surface area (Å²) in [7, 11) is 0. The zero-order chi connectivity index (χ0) is 12.1. The van der Waals surface area contributed by atoms with E-state index in [1.54, 1.807) is 24.3 Å². The SMILES string of the molecule is O=C(NCC1CCCN1)Nc1cccc(Cl)c1. The lowest BCUT2D eigenvalue weighted by Crippen LogP contribution is -2.39. The summed E-state index contributed by atoms with van der Waals surface area (Å²) < 4.78 is 0. The molecule has 0 bridgehead atoms. The van der Waals surface area contributed by atoms with Crippen LogP contribution in [0.15, 0.2) is 24.3 Å². The smallest absolute Gasteiger partial charge is 0.319 e. The van der Waals surface area contributed by atoms with Gasteiger partial charge in [-0.2, -0.15) is 0 Å². The van der Waals surface area contributed by atoms with Crippen molar-refractivity contribution in [1.29, 1.82) is 0 Å². The van der Waals surface area contributed by atoms with Crippen LogP contribution in [0.5, 0.6) is 0 Å². The second-order valence-corrected chi connectivity index (χ2v) is 4.58. The first-order valence-electron chi connectivity index (χ1n) is 5.78. The maximum absolute atomic E-state index is 11.6. The normalized spacial score (nSPS) is 19.0. The van der Waals surface area contributed by atoms with Crippen LogP contribution in [0.2, 0.25) is 5.02 Å². The van der Waals surface area contributed by atoms with Crippen molar-refractivity contribution < 1.29 is 4.79 Å². The van der Waals surface area contributed by atoms with Gasteiger partial charge in [0.2, 0.25) is 0 Å². The minimum Gasteiger partial charge on any atom is -0.336 e. The number of rotatable bonds is 3. The van der Waals surface area contributed by atoms with Gasteiger partial charge in [-0.05, 0) is 37.6 Å². The summed E-state index contributed by atoms with van der Waals surface area (Å²) >= 11 is 5.83. The Labute approximate surface area is 106 Å². The second-order valence-electron chi connectivity index (χ2n) is 4.14. The van der Waals surface area contributed by atoms with E-state index < -0.39 is 0 Å². The largest absolute Gasteiger partial charge is 0.336 e. The van der Waals surface area contributed by atoms with E-state index in [1.807, 2.05) is 0 Å². The van der Waals surface area contributed by atoms with Gasteiger partial charge >= 0.3 is 6.03 Å². The van der Waals surface area contributed by atoms with Crippen LogP contribution in [-0.4, -0.2) is 25.2 Å². The summed E-state index contributed by atoms with van der Waals surface area (Å²) in [6.07, 6.45) is 2.31. The standard InChI is InChI=1S/C12H16ClN3O/c13-9-3-1-4-10(7-9)16-12(17)15-8-11-5-2-6-14-11/h1,3-4,7,11,14H,2,5-6,8H2,(H2,15,16,17). The monoisotopic (exact) mass is 253 g/mol. The molecule has 1 aliphatic heterocycles. The van der Waals surface area contributed by atoms with Gasteiger partial charge in [-0.3, -0.25) is 0 Å². The number of amides is 2. The van der Waals surface area contributed by atoms with Crippen molar-refractivity contribution in [2.45, 2.75) is 18.9 Å². The molecule has 0 spiro atoms. The molecule has 0 aromatic heterocycles. The van der Waals surface area contributed by atoms with E-state index in [9.17, 15) is 4.79 Å². The Kier molecular flexibility index (Phi) is 4.23. The lowest BCUT2D eigenvalue weighted by Gasteiger charge is -2.12. The van der Waals surface area contributed by atoms with E-state index >= 15 is 0 Å². The average Bonchev–Trinajstić information content (AvgIpc) is 2.79. The Morgan fingerprint density at radius 2 is 2.41 bits per heavy atom. The van der Waals surface area contributed by atoms with Crippen LogP contribution in [0.3, 0.4) is 0 Å². The minimum absolute atomic E-state index is 0.194. The predicted octanol–water partition coefficient (Wildman–Crippen LogP) is 2.21. The van der Waals surface area contributed by atoms with E-state index in [2.05, 4.69) is 16.0 Å². The van der Waals surface area contributed by atoms with Gasteiger partial charge in [0.25, 0.3) is 0 Å². The highest BCUT2D eigenvalue weighted by molar-refractivity contribution is 6.30. The van der Waals surface area contributed by atoms with Crippen LogP contribution in [0.1, 0.15) is 12.8 Å². The van der Waals surface area contributed by atoms with Crippen LogP contribution in [-0.2, 0) is 0 Å². The molecular weight excluding hydrogens is 238 g/mol. The lowest BCUT2D eigenvalue weighted by molar-refractivity contribution is 0.251. The summed E-state index contributed by atoms with van der Waals surface area (Å²) in [5.74, 6) is 0. The molecule has 4 nitrogen and oxygen atoms in total. The summed E-state index contributed by atoms with van der Waals surface area (Å²) in [6.45, 7) is 1.70. The number of anilines is 1. The molecular formula is C12H16ClN3O. The molecule has 0 aliphatic carbocycles. The van der Waals surface area contributed by atoms with E-state index in [0.29, 0.717) is 23.3 Å². The minimum atomic E-state index is -0.194. The average molecular weight is 254 g/mol. The van der Waals surface area contributed by atoms with Gasteiger partial charge in [0.05, 0.1) is 0 Å². The summed E-state index contributed by atoms with van der Waals surface area (Å²) in [4.78, 5) is 11.6. The highest BCUT2D eigenvalue weighted by Crippen LogP contribution is 2.14. The number of hydrogen-bond donors (Lipinski definition) is 3. The number of carbonyl (C=O) groups excluding carboxylic acids is 1. The Bertz CT molecular complexity index is 391. The molecule has 1 atom stereocenters. The fourth-order valence-corrected chi connectivity index (χ4v) is 2.08. The Morgan fingerprint density at radius 3 is 3.12 bits per heavy atom. The van der Waals surface area contributed by atoms with E-state index in [1.165, 1.54) is 6.42 Å². The number of hydrogen-bond acceptors (Lipinski definition) is 2. The maximum atomic E-state index is 11.6. The quantitative estimate of drug-likeness (QED) is 0.774. The van der Waals surface area contributed by atoms with Crippen molar-refractivity contribution in [3.05, 3.63) is 29.3 Å². The van der Waals surface area contributed by atoms with Gasteiger partial charge in [0, 0.05) is 23.3 Å². The fourth-order valence-electron chi connectivity index (χ4n) is 1.89. The van der Waals surface area contributed by atoms with Crippen molar-refractivity contribution >= 4 is 23.3 Å². The Balaban J connectivity index is 1.76. The molecule has 1 aromatic rings. The molecule has 2 rings (SSSR count). The predicted molar refractivity (Wildman–Crippen MR) is 69.5 cm³/mol.